The Kier molecular flexibility index (Phi) is 4.50. The number of halogens is 1. The van der Waals surface area contributed by atoms with E-state index in [4.69, 9.17) is 5.73 Å². The number of amides is 1. The van der Waals surface area contributed by atoms with Gasteiger partial charge in [-0.15, -0.1) is 0 Å². The van der Waals surface area contributed by atoms with Crippen molar-refractivity contribution in [1.82, 2.24) is 5.32 Å². The molecule has 1 aliphatic rings. The number of nitrogens with one attached hydrogen (secondary N) is 1. The molecule has 3 unspecified atom stereocenters. The molecule has 1 aromatic carbocycles. The number of carbonyl (C=O) groups is 1. The first kappa shape index (κ1) is 14.0. The van der Waals surface area contributed by atoms with Gasteiger partial charge in [0, 0.05) is 18.5 Å². The minimum atomic E-state index is -0.894. The summed E-state index contributed by atoms with van der Waals surface area (Å²) in [6.45, 7) is 0.0913. The molecule has 0 aromatic heterocycles. The molecular formula is C14H19FN2O2. The zero-order valence-electron chi connectivity index (χ0n) is 10.7. The fourth-order valence-corrected chi connectivity index (χ4v) is 2.43. The molecule has 5 heteroatoms. The van der Waals surface area contributed by atoms with Gasteiger partial charge in [0.2, 0.25) is 5.91 Å². The van der Waals surface area contributed by atoms with E-state index in [2.05, 4.69) is 5.32 Å². The second-order valence-electron chi connectivity index (χ2n) is 5.09. The van der Waals surface area contributed by atoms with E-state index in [0.29, 0.717) is 12.0 Å². The van der Waals surface area contributed by atoms with Crippen LogP contribution in [-0.4, -0.2) is 23.6 Å². The van der Waals surface area contributed by atoms with Crippen LogP contribution in [0.3, 0.4) is 0 Å². The summed E-state index contributed by atoms with van der Waals surface area (Å²) in [5.74, 6) is -0.539. The van der Waals surface area contributed by atoms with Crippen LogP contribution < -0.4 is 11.1 Å². The predicted molar refractivity (Wildman–Crippen MR) is 69.7 cm³/mol. The maximum atomic E-state index is 13.0. The van der Waals surface area contributed by atoms with E-state index in [-0.39, 0.29) is 24.4 Å². The van der Waals surface area contributed by atoms with Crippen molar-refractivity contribution in [3.63, 3.8) is 0 Å². The predicted octanol–water partition coefficient (Wildman–Crippen LogP) is 1.10. The van der Waals surface area contributed by atoms with Gasteiger partial charge in [-0.1, -0.05) is 12.1 Å². The third-order valence-corrected chi connectivity index (χ3v) is 3.55. The van der Waals surface area contributed by atoms with Crippen molar-refractivity contribution in [1.29, 1.82) is 0 Å². The second-order valence-corrected chi connectivity index (χ2v) is 5.09. The van der Waals surface area contributed by atoms with Crippen LogP contribution in [0.4, 0.5) is 4.39 Å². The number of benzene rings is 1. The molecule has 1 aromatic rings. The quantitative estimate of drug-likeness (QED) is 0.764. The highest BCUT2D eigenvalue weighted by Gasteiger charge is 2.27. The monoisotopic (exact) mass is 266 g/mol. The molecule has 0 heterocycles. The number of nitrogens with two attached hydrogens (primary N) is 1. The SMILES string of the molecule is NC1CCC(C(=O)NCC(O)c2cccc(F)c2)C1. The van der Waals surface area contributed by atoms with Crippen LogP contribution in [0.2, 0.25) is 0 Å². The van der Waals surface area contributed by atoms with Crippen LogP contribution >= 0.6 is 0 Å². The molecule has 104 valence electrons. The average Bonchev–Trinajstić information content (AvgIpc) is 2.82. The van der Waals surface area contributed by atoms with Gasteiger partial charge >= 0.3 is 0 Å². The normalized spacial score (nSPS) is 24.2. The summed E-state index contributed by atoms with van der Waals surface area (Å²) >= 11 is 0. The second kappa shape index (κ2) is 6.12. The summed E-state index contributed by atoms with van der Waals surface area (Å²) in [7, 11) is 0. The summed E-state index contributed by atoms with van der Waals surface area (Å²) in [5, 5.41) is 12.6. The molecule has 1 fully saturated rings. The molecule has 0 radical (unpaired) electrons. The van der Waals surface area contributed by atoms with Gasteiger partial charge in [0.05, 0.1) is 6.10 Å². The number of carbonyl (C=O) groups excluding carboxylic acids is 1. The number of aliphatic hydroxyl groups excluding tert-OH is 1. The van der Waals surface area contributed by atoms with Crippen LogP contribution in [0.15, 0.2) is 24.3 Å². The van der Waals surface area contributed by atoms with E-state index in [1.165, 1.54) is 18.2 Å². The lowest BCUT2D eigenvalue weighted by molar-refractivity contribution is -0.125. The van der Waals surface area contributed by atoms with Crippen molar-refractivity contribution in [3.8, 4) is 0 Å². The first-order chi connectivity index (χ1) is 9.06. The van der Waals surface area contributed by atoms with Crippen LogP contribution in [-0.2, 0) is 4.79 Å². The van der Waals surface area contributed by atoms with E-state index in [1.807, 2.05) is 0 Å². The summed E-state index contributed by atoms with van der Waals surface area (Å²) in [6.07, 6.45) is 1.46. The van der Waals surface area contributed by atoms with Gasteiger partial charge in [-0.05, 0) is 37.0 Å². The minimum absolute atomic E-state index is 0.0605. The molecule has 0 aliphatic heterocycles. The Hall–Kier alpha value is -1.46. The lowest BCUT2D eigenvalue weighted by Crippen LogP contribution is -2.33. The molecule has 4 N–H and O–H groups in total. The smallest absolute Gasteiger partial charge is 0.223 e. The fraction of sp³-hybridized carbons (Fsp3) is 0.500. The zero-order chi connectivity index (χ0) is 13.8. The zero-order valence-corrected chi connectivity index (χ0v) is 10.7. The first-order valence-corrected chi connectivity index (χ1v) is 6.53. The summed E-state index contributed by atoms with van der Waals surface area (Å²) in [5.41, 5.74) is 6.22. The molecule has 0 bridgehead atoms. The van der Waals surface area contributed by atoms with Crippen LogP contribution in [0.5, 0.6) is 0 Å². The average molecular weight is 266 g/mol. The molecule has 1 saturated carbocycles. The van der Waals surface area contributed by atoms with Crippen LogP contribution in [0, 0.1) is 11.7 Å². The van der Waals surface area contributed by atoms with Gasteiger partial charge in [-0.2, -0.15) is 0 Å². The fourth-order valence-electron chi connectivity index (χ4n) is 2.43. The van der Waals surface area contributed by atoms with Crippen LogP contribution in [0.1, 0.15) is 30.9 Å². The Balaban J connectivity index is 1.83. The van der Waals surface area contributed by atoms with Crippen LogP contribution in [0.25, 0.3) is 0 Å². The number of hydrogen-bond acceptors (Lipinski definition) is 3. The van der Waals surface area contributed by atoms with Crippen molar-refractivity contribution >= 4 is 5.91 Å². The van der Waals surface area contributed by atoms with E-state index in [0.717, 1.165) is 12.8 Å². The number of hydrogen-bond donors (Lipinski definition) is 3. The van der Waals surface area contributed by atoms with Gasteiger partial charge < -0.3 is 16.2 Å². The van der Waals surface area contributed by atoms with Gasteiger partial charge in [0.15, 0.2) is 0 Å². The topological polar surface area (TPSA) is 75.4 Å². The largest absolute Gasteiger partial charge is 0.387 e. The van der Waals surface area contributed by atoms with E-state index in [9.17, 15) is 14.3 Å². The molecule has 2 rings (SSSR count). The summed E-state index contributed by atoms with van der Waals surface area (Å²) in [4.78, 5) is 11.8. The number of aliphatic hydroxyl groups is 1. The highest BCUT2D eigenvalue weighted by atomic mass is 19.1. The van der Waals surface area contributed by atoms with Crippen molar-refractivity contribution in [2.45, 2.75) is 31.4 Å². The van der Waals surface area contributed by atoms with Gasteiger partial charge in [0.25, 0.3) is 0 Å². The van der Waals surface area contributed by atoms with E-state index >= 15 is 0 Å². The molecule has 1 amide bonds. The maximum Gasteiger partial charge on any atom is 0.223 e. The molecule has 0 spiro atoms. The van der Waals surface area contributed by atoms with Gasteiger partial charge in [0.1, 0.15) is 5.82 Å². The molecular weight excluding hydrogens is 247 g/mol. The number of rotatable bonds is 4. The maximum absolute atomic E-state index is 13.0. The molecule has 1 aliphatic carbocycles. The highest BCUT2D eigenvalue weighted by molar-refractivity contribution is 5.79. The first-order valence-electron chi connectivity index (χ1n) is 6.53. The standard InChI is InChI=1S/C14H19FN2O2/c15-11-3-1-2-9(6-11)13(18)8-17-14(19)10-4-5-12(16)7-10/h1-3,6,10,12-13,18H,4-5,7-8,16H2,(H,17,19). The van der Waals surface area contributed by atoms with Crippen molar-refractivity contribution in [2.75, 3.05) is 6.54 Å². The molecule has 0 saturated heterocycles. The third kappa shape index (κ3) is 3.75. The minimum Gasteiger partial charge on any atom is -0.387 e. The summed E-state index contributed by atoms with van der Waals surface area (Å²) in [6, 6.07) is 5.84. The Morgan fingerprint density at radius 3 is 2.95 bits per heavy atom. The summed E-state index contributed by atoms with van der Waals surface area (Å²) < 4.78 is 13.0. The van der Waals surface area contributed by atoms with Crippen molar-refractivity contribution in [3.05, 3.63) is 35.6 Å². The lowest BCUT2D eigenvalue weighted by atomic mass is 10.1. The van der Waals surface area contributed by atoms with Gasteiger partial charge in [-0.3, -0.25) is 4.79 Å². The van der Waals surface area contributed by atoms with E-state index < -0.39 is 11.9 Å². The van der Waals surface area contributed by atoms with E-state index in [1.54, 1.807) is 6.07 Å². The Morgan fingerprint density at radius 2 is 2.32 bits per heavy atom. The van der Waals surface area contributed by atoms with Crippen molar-refractivity contribution < 1.29 is 14.3 Å². The Labute approximate surface area is 111 Å². The Bertz CT molecular complexity index is 453. The molecule has 3 atom stereocenters. The lowest BCUT2D eigenvalue weighted by Gasteiger charge is -2.15. The highest BCUT2D eigenvalue weighted by Crippen LogP contribution is 2.24. The third-order valence-electron chi connectivity index (χ3n) is 3.55. The Morgan fingerprint density at radius 1 is 1.53 bits per heavy atom. The van der Waals surface area contributed by atoms with Gasteiger partial charge in [-0.25, -0.2) is 4.39 Å². The van der Waals surface area contributed by atoms with Crippen molar-refractivity contribution in [2.24, 2.45) is 11.7 Å². The molecule has 19 heavy (non-hydrogen) atoms. The molecule has 4 nitrogen and oxygen atoms in total.